The normalized spacial score (nSPS) is 9.73. The van der Waals surface area contributed by atoms with E-state index in [4.69, 9.17) is 38.5 Å². The van der Waals surface area contributed by atoms with Gasteiger partial charge < -0.3 is 0 Å². The monoisotopic (exact) mass is 278 g/mol. The lowest BCUT2D eigenvalue weighted by Gasteiger charge is -2.32. The second-order valence-electron chi connectivity index (χ2n) is 4.24. The Morgan fingerprint density at radius 3 is 1.73 bits per heavy atom. The molecule has 0 radical (unpaired) electrons. The summed E-state index contributed by atoms with van der Waals surface area (Å²) in [5, 5.41) is 0. The second-order valence-corrected chi connectivity index (χ2v) is 4.24. The van der Waals surface area contributed by atoms with E-state index < -0.39 is 16.6 Å². The van der Waals surface area contributed by atoms with Crippen molar-refractivity contribution in [1.29, 1.82) is 0 Å². The van der Waals surface area contributed by atoms with Gasteiger partial charge in [0.2, 0.25) is 0 Å². The van der Waals surface area contributed by atoms with Crippen molar-refractivity contribution in [2.45, 2.75) is 0 Å². The van der Waals surface area contributed by atoms with E-state index in [1.165, 1.54) is 6.07 Å². The fourth-order valence-electron chi connectivity index (χ4n) is 2.02. The summed E-state index contributed by atoms with van der Waals surface area (Å²) in [6.07, 6.45) is 32.7. The van der Waals surface area contributed by atoms with Crippen LogP contribution in [-0.4, -0.2) is 5.78 Å². The summed E-state index contributed by atoms with van der Waals surface area (Å²) in [5.74, 6) is 12.8. The summed E-state index contributed by atoms with van der Waals surface area (Å²) in [6, 6.07) is 6.37. The van der Waals surface area contributed by atoms with Crippen LogP contribution in [0, 0.1) is 84.9 Å². The Labute approximate surface area is 131 Å². The lowest BCUT2D eigenvalue weighted by atomic mass is 9.61. The molecule has 0 amide bonds. The third-order valence-corrected chi connectivity index (χ3v) is 3.31. The number of ketones is 1. The van der Waals surface area contributed by atoms with Gasteiger partial charge >= 0.3 is 0 Å². The largest absolute Gasteiger partial charge is 0.291 e. The Bertz CT molecular complexity index is 820. The van der Waals surface area contributed by atoms with Gasteiger partial charge in [-0.3, -0.25) is 4.79 Å². The average Bonchev–Trinajstić information content (AvgIpc) is 2.59. The van der Waals surface area contributed by atoms with Gasteiger partial charge in [0.15, 0.2) is 16.6 Å². The van der Waals surface area contributed by atoms with E-state index in [-0.39, 0.29) is 5.56 Å². The lowest BCUT2D eigenvalue weighted by Crippen LogP contribution is -2.44. The molecular formula is C21H10O. The zero-order valence-corrected chi connectivity index (χ0v) is 11.7. The van der Waals surface area contributed by atoms with Crippen LogP contribution in [0.2, 0.25) is 0 Å². The fourth-order valence-corrected chi connectivity index (χ4v) is 2.02. The Kier molecular flexibility index (Phi) is 4.55. The minimum absolute atomic E-state index is 0.144. The minimum Gasteiger partial charge on any atom is -0.291 e. The summed E-state index contributed by atoms with van der Waals surface area (Å²) < 4.78 is 0. The van der Waals surface area contributed by atoms with Crippen LogP contribution in [0.4, 0.5) is 0 Å². The molecule has 0 bridgehead atoms. The van der Waals surface area contributed by atoms with Gasteiger partial charge in [-0.05, 0) is 6.07 Å². The van der Waals surface area contributed by atoms with Crippen LogP contribution >= 0.6 is 0 Å². The van der Waals surface area contributed by atoms with E-state index in [0.717, 1.165) is 0 Å². The molecule has 0 N–H and O–H groups in total. The molecule has 0 aliphatic carbocycles. The van der Waals surface area contributed by atoms with Crippen LogP contribution in [0.15, 0.2) is 24.3 Å². The number of carbonyl (C=O) groups is 1. The first-order chi connectivity index (χ1) is 10.5. The van der Waals surface area contributed by atoms with Gasteiger partial charge in [0.1, 0.15) is 0 Å². The van der Waals surface area contributed by atoms with Gasteiger partial charge in [0.25, 0.3) is 0 Å². The average molecular weight is 278 g/mol. The number of hydrogen-bond acceptors (Lipinski definition) is 1. The van der Waals surface area contributed by atoms with Crippen LogP contribution in [-0.2, 0) is 0 Å². The topological polar surface area (TPSA) is 17.1 Å². The van der Waals surface area contributed by atoms with Crippen LogP contribution in [0.1, 0.15) is 15.9 Å². The van der Waals surface area contributed by atoms with Crippen molar-refractivity contribution in [3.63, 3.8) is 0 Å². The number of carbonyl (C=O) groups excluding carboxylic acids is 1. The van der Waals surface area contributed by atoms with Crippen LogP contribution in [0.5, 0.6) is 0 Å². The summed E-state index contributed by atoms with van der Waals surface area (Å²) >= 11 is 0. The number of Topliss-reactive ketones (excluding diaryl/α,β-unsaturated/α-hetero) is 1. The van der Waals surface area contributed by atoms with E-state index in [9.17, 15) is 4.79 Å². The Hall–Kier alpha value is -3.75. The number of terminal acetylenes is 6. The van der Waals surface area contributed by atoms with Gasteiger partial charge in [-0.1, -0.05) is 53.7 Å². The highest BCUT2D eigenvalue weighted by molar-refractivity contribution is 6.08. The Morgan fingerprint density at radius 1 is 0.818 bits per heavy atom. The first kappa shape index (κ1) is 16.3. The summed E-state index contributed by atoms with van der Waals surface area (Å²) in [7, 11) is 0. The lowest BCUT2D eigenvalue weighted by molar-refractivity contribution is 0.0873. The number of hydrogen-bond donors (Lipinski definition) is 0. The van der Waals surface area contributed by atoms with Crippen LogP contribution in [0.25, 0.3) is 0 Å². The fraction of sp³-hybridized carbons (Fsp3) is 0.0952. The molecule has 1 aromatic rings. The molecule has 0 unspecified atom stereocenters. The zero-order chi connectivity index (χ0) is 16.8. The van der Waals surface area contributed by atoms with Crippen LogP contribution in [0.3, 0.4) is 0 Å². The van der Waals surface area contributed by atoms with E-state index >= 15 is 0 Å². The molecule has 0 saturated heterocycles. The molecule has 1 rings (SSSR count). The van der Waals surface area contributed by atoms with Crippen molar-refractivity contribution >= 4 is 5.78 Å². The standard InChI is InChI=1S/C21H10O/c1-7-17-15-13-14-16-18(17)19(22)21(11-5,12-6)20(8-2,9-3)10-4/h1-6,13-16H. The van der Waals surface area contributed by atoms with Crippen molar-refractivity contribution in [1.82, 2.24) is 0 Å². The third kappa shape index (κ3) is 2.02. The molecular weight excluding hydrogens is 268 g/mol. The van der Waals surface area contributed by atoms with Crippen molar-refractivity contribution in [3.8, 4) is 74.1 Å². The highest BCUT2D eigenvalue weighted by Gasteiger charge is 2.53. The summed E-state index contributed by atoms with van der Waals surface area (Å²) in [6.45, 7) is 0. The highest BCUT2D eigenvalue weighted by Crippen LogP contribution is 2.40. The SMILES string of the molecule is C#Cc1ccccc1C(=O)C(C#C)(C#C)C(C#C)(C#C)C#C. The maximum absolute atomic E-state index is 13.0. The molecule has 0 fully saturated rings. The molecule has 1 aromatic carbocycles. The quantitative estimate of drug-likeness (QED) is 0.610. The number of benzene rings is 1. The van der Waals surface area contributed by atoms with Crippen LogP contribution < -0.4 is 0 Å². The molecule has 0 heterocycles. The smallest absolute Gasteiger partial charge is 0.197 e. The first-order valence-electron chi connectivity index (χ1n) is 6.01. The first-order valence-corrected chi connectivity index (χ1v) is 6.01. The van der Waals surface area contributed by atoms with Gasteiger partial charge in [-0.15, -0.1) is 38.5 Å². The summed E-state index contributed by atoms with van der Waals surface area (Å²) in [5.41, 5.74) is -3.37. The third-order valence-electron chi connectivity index (χ3n) is 3.31. The molecule has 0 aliphatic rings. The molecule has 0 aromatic heterocycles. The number of rotatable bonds is 3. The van der Waals surface area contributed by atoms with Crippen molar-refractivity contribution in [3.05, 3.63) is 35.4 Å². The molecule has 1 heteroatoms. The Balaban J connectivity index is 3.79. The predicted molar refractivity (Wildman–Crippen MR) is 87.7 cm³/mol. The molecule has 0 aliphatic heterocycles. The van der Waals surface area contributed by atoms with E-state index in [0.29, 0.717) is 5.56 Å². The predicted octanol–water partition coefficient (Wildman–Crippen LogP) is 1.99. The van der Waals surface area contributed by atoms with E-state index in [1.54, 1.807) is 18.2 Å². The zero-order valence-electron chi connectivity index (χ0n) is 11.7. The second kappa shape index (κ2) is 6.13. The van der Waals surface area contributed by atoms with Gasteiger partial charge in [0, 0.05) is 11.1 Å². The Morgan fingerprint density at radius 2 is 1.32 bits per heavy atom. The van der Waals surface area contributed by atoms with Gasteiger partial charge in [0.05, 0.1) is 0 Å². The van der Waals surface area contributed by atoms with Crippen molar-refractivity contribution in [2.75, 3.05) is 0 Å². The molecule has 0 saturated carbocycles. The van der Waals surface area contributed by atoms with Gasteiger partial charge in [-0.2, -0.15) is 0 Å². The molecule has 0 atom stereocenters. The molecule has 0 spiro atoms. The van der Waals surface area contributed by atoms with Gasteiger partial charge in [-0.25, -0.2) is 0 Å². The van der Waals surface area contributed by atoms with Crippen molar-refractivity contribution in [2.24, 2.45) is 10.8 Å². The maximum Gasteiger partial charge on any atom is 0.197 e. The highest BCUT2D eigenvalue weighted by atomic mass is 16.1. The summed E-state index contributed by atoms with van der Waals surface area (Å²) in [4.78, 5) is 13.0. The minimum atomic E-state index is -1.99. The van der Waals surface area contributed by atoms with E-state index in [1.807, 2.05) is 0 Å². The maximum atomic E-state index is 13.0. The molecule has 1 nitrogen and oxygen atoms in total. The molecule has 100 valence electrons. The van der Waals surface area contributed by atoms with E-state index in [2.05, 4.69) is 35.5 Å². The molecule has 22 heavy (non-hydrogen) atoms. The van der Waals surface area contributed by atoms with Crippen molar-refractivity contribution < 1.29 is 4.79 Å².